The lowest BCUT2D eigenvalue weighted by Crippen LogP contribution is -2.38. The molecule has 3 rings (SSSR count). The standard InChI is InChI=1S/C15H22N2OS/c1-10-6-3-4-7-11(10)17(2)15-16-14-12(18)8-5-9-13(14)19-15/h10-11H,3-9H2,1-2H3. The summed E-state index contributed by atoms with van der Waals surface area (Å²) in [4.78, 5) is 20.1. The van der Waals surface area contributed by atoms with Gasteiger partial charge in [-0.15, -0.1) is 11.3 Å². The SMILES string of the molecule is CC1CCCCC1N(C)c1nc2c(s1)CCCC2=O. The second-order valence-electron chi connectivity index (χ2n) is 5.98. The molecule has 3 nitrogen and oxygen atoms in total. The molecule has 19 heavy (non-hydrogen) atoms. The van der Waals surface area contributed by atoms with Gasteiger partial charge in [0.1, 0.15) is 5.69 Å². The highest BCUT2D eigenvalue weighted by molar-refractivity contribution is 7.16. The first-order valence-corrected chi connectivity index (χ1v) is 8.24. The molecule has 0 bridgehead atoms. The smallest absolute Gasteiger partial charge is 0.186 e. The van der Waals surface area contributed by atoms with E-state index in [1.807, 2.05) is 0 Å². The molecule has 0 N–H and O–H groups in total. The van der Waals surface area contributed by atoms with E-state index in [2.05, 4.69) is 23.9 Å². The number of carbonyl (C=O) groups is 1. The molecule has 0 amide bonds. The molecule has 2 aliphatic carbocycles. The van der Waals surface area contributed by atoms with E-state index in [1.165, 1.54) is 30.6 Å². The lowest BCUT2D eigenvalue weighted by molar-refractivity contribution is 0.0968. The van der Waals surface area contributed by atoms with Crippen molar-refractivity contribution in [3.63, 3.8) is 0 Å². The van der Waals surface area contributed by atoms with Crippen LogP contribution in [0.4, 0.5) is 5.13 Å². The van der Waals surface area contributed by atoms with Gasteiger partial charge in [0.2, 0.25) is 0 Å². The number of aromatic nitrogens is 1. The third kappa shape index (κ3) is 2.42. The van der Waals surface area contributed by atoms with Crippen LogP contribution in [0.3, 0.4) is 0 Å². The van der Waals surface area contributed by atoms with Crippen molar-refractivity contribution in [1.29, 1.82) is 0 Å². The molecular formula is C15H22N2OS. The highest BCUT2D eigenvalue weighted by Crippen LogP contribution is 2.35. The molecular weight excluding hydrogens is 256 g/mol. The topological polar surface area (TPSA) is 33.2 Å². The minimum Gasteiger partial charge on any atom is -0.348 e. The number of hydrogen-bond acceptors (Lipinski definition) is 4. The molecule has 0 radical (unpaired) electrons. The molecule has 1 aromatic heterocycles. The zero-order chi connectivity index (χ0) is 13.4. The van der Waals surface area contributed by atoms with E-state index in [0.717, 1.165) is 29.6 Å². The van der Waals surface area contributed by atoms with Gasteiger partial charge in [-0.3, -0.25) is 4.79 Å². The van der Waals surface area contributed by atoms with E-state index in [0.29, 0.717) is 12.5 Å². The Morgan fingerprint density at radius 2 is 2.00 bits per heavy atom. The summed E-state index contributed by atoms with van der Waals surface area (Å²) in [6.07, 6.45) is 7.97. The van der Waals surface area contributed by atoms with Crippen molar-refractivity contribution in [3.8, 4) is 0 Å². The summed E-state index contributed by atoms with van der Waals surface area (Å²) < 4.78 is 0. The summed E-state index contributed by atoms with van der Waals surface area (Å²) in [5, 5.41) is 1.05. The number of ketones is 1. The summed E-state index contributed by atoms with van der Waals surface area (Å²) in [5.74, 6) is 0.976. The van der Waals surface area contributed by atoms with Gasteiger partial charge in [0.05, 0.1) is 0 Å². The Balaban J connectivity index is 1.83. The first-order valence-electron chi connectivity index (χ1n) is 7.42. The van der Waals surface area contributed by atoms with Crippen LogP contribution in [-0.2, 0) is 6.42 Å². The molecule has 2 aliphatic rings. The Bertz CT molecular complexity index is 482. The molecule has 1 aromatic rings. The Hall–Kier alpha value is -0.900. The van der Waals surface area contributed by atoms with Crippen LogP contribution in [0.2, 0.25) is 0 Å². The molecule has 0 aliphatic heterocycles. The molecule has 4 heteroatoms. The van der Waals surface area contributed by atoms with Crippen LogP contribution in [0.1, 0.15) is 60.8 Å². The summed E-state index contributed by atoms with van der Waals surface area (Å²) >= 11 is 1.74. The molecule has 0 saturated heterocycles. The predicted octanol–water partition coefficient (Wildman–Crippen LogP) is 3.68. The van der Waals surface area contributed by atoms with Gasteiger partial charge in [-0.05, 0) is 31.6 Å². The second-order valence-corrected chi connectivity index (χ2v) is 7.05. The molecule has 0 aromatic carbocycles. The number of anilines is 1. The first-order chi connectivity index (χ1) is 9.16. The molecule has 2 atom stereocenters. The normalized spacial score (nSPS) is 27.2. The molecule has 1 fully saturated rings. The van der Waals surface area contributed by atoms with Crippen molar-refractivity contribution in [1.82, 2.24) is 4.98 Å². The predicted molar refractivity (Wildman–Crippen MR) is 79.2 cm³/mol. The molecule has 2 unspecified atom stereocenters. The van der Waals surface area contributed by atoms with E-state index in [4.69, 9.17) is 0 Å². The number of aryl methyl sites for hydroxylation is 1. The highest BCUT2D eigenvalue weighted by Gasteiger charge is 2.29. The second kappa shape index (κ2) is 5.23. The fourth-order valence-corrected chi connectivity index (χ4v) is 4.56. The summed E-state index contributed by atoms with van der Waals surface area (Å²) in [7, 11) is 2.15. The summed E-state index contributed by atoms with van der Waals surface area (Å²) in [6.45, 7) is 2.35. The van der Waals surface area contributed by atoms with Gasteiger partial charge in [0.25, 0.3) is 0 Å². The van der Waals surface area contributed by atoms with E-state index in [1.54, 1.807) is 11.3 Å². The average Bonchev–Trinajstić information content (AvgIpc) is 2.84. The van der Waals surface area contributed by atoms with Crippen LogP contribution in [0, 0.1) is 5.92 Å². The maximum Gasteiger partial charge on any atom is 0.186 e. The number of rotatable bonds is 2. The van der Waals surface area contributed by atoms with Gasteiger partial charge >= 0.3 is 0 Å². The van der Waals surface area contributed by atoms with Crippen LogP contribution in [-0.4, -0.2) is 23.9 Å². The maximum absolute atomic E-state index is 11.9. The van der Waals surface area contributed by atoms with Crippen molar-refractivity contribution in [3.05, 3.63) is 10.6 Å². The Labute approximate surface area is 119 Å². The van der Waals surface area contributed by atoms with Gasteiger partial charge < -0.3 is 4.90 Å². The van der Waals surface area contributed by atoms with Crippen molar-refractivity contribution in [2.24, 2.45) is 5.92 Å². The molecule has 0 spiro atoms. The van der Waals surface area contributed by atoms with Crippen molar-refractivity contribution in [2.45, 2.75) is 57.9 Å². The summed E-state index contributed by atoms with van der Waals surface area (Å²) in [6, 6.07) is 0.594. The zero-order valence-corrected chi connectivity index (χ0v) is 12.6. The quantitative estimate of drug-likeness (QED) is 0.827. The van der Waals surface area contributed by atoms with Crippen LogP contribution in [0.5, 0.6) is 0 Å². The van der Waals surface area contributed by atoms with Crippen molar-refractivity contribution in [2.75, 3.05) is 11.9 Å². The fraction of sp³-hybridized carbons (Fsp3) is 0.733. The third-order valence-corrected chi connectivity index (χ3v) is 5.83. The van der Waals surface area contributed by atoms with Gasteiger partial charge in [-0.25, -0.2) is 4.98 Å². The highest BCUT2D eigenvalue weighted by atomic mass is 32.1. The summed E-state index contributed by atoms with van der Waals surface area (Å²) in [5.41, 5.74) is 0.765. The molecule has 1 saturated carbocycles. The third-order valence-electron chi connectivity index (χ3n) is 4.62. The van der Waals surface area contributed by atoms with Crippen LogP contribution >= 0.6 is 11.3 Å². The van der Waals surface area contributed by atoms with Gasteiger partial charge in [-0.2, -0.15) is 0 Å². The maximum atomic E-state index is 11.9. The monoisotopic (exact) mass is 278 g/mol. The average molecular weight is 278 g/mol. The number of hydrogen-bond donors (Lipinski definition) is 0. The molecule has 1 heterocycles. The van der Waals surface area contributed by atoms with E-state index in [9.17, 15) is 4.79 Å². The number of fused-ring (bicyclic) bond motifs is 1. The lowest BCUT2D eigenvalue weighted by Gasteiger charge is -2.36. The molecule has 104 valence electrons. The largest absolute Gasteiger partial charge is 0.348 e. The first kappa shape index (κ1) is 13.1. The number of carbonyl (C=O) groups excluding carboxylic acids is 1. The Morgan fingerprint density at radius 3 is 2.74 bits per heavy atom. The zero-order valence-electron chi connectivity index (χ0n) is 11.8. The Kier molecular flexibility index (Phi) is 3.61. The fourth-order valence-electron chi connectivity index (χ4n) is 3.42. The van der Waals surface area contributed by atoms with E-state index < -0.39 is 0 Å². The van der Waals surface area contributed by atoms with Gasteiger partial charge in [0.15, 0.2) is 10.9 Å². The number of thiazole rings is 1. The van der Waals surface area contributed by atoms with Gasteiger partial charge in [0, 0.05) is 24.4 Å². The van der Waals surface area contributed by atoms with E-state index >= 15 is 0 Å². The van der Waals surface area contributed by atoms with Crippen molar-refractivity contribution < 1.29 is 4.79 Å². The lowest BCUT2D eigenvalue weighted by atomic mass is 9.85. The van der Waals surface area contributed by atoms with E-state index in [-0.39, 0.29) is 5.78 Å². The van der Waals surface area contributed by atoms with Gasteiger partial charge in [-0.1, -0.05) is 19.8 Å². The number of nitrogens with zero attached hydrogens (tertiary/aromatic N) is 2. The van der Waals surface area contributed by atoms with Crippen LogP contribution in [0.25, 0.3) is 0 Å². The number of Topliss-reactive ketones (excluding diaryl/α,β-unsaturated/α-hetero) is 1. The van der Waals surface area contributed by atoms with Crippen LogP contribution < -0.4 is 4.90 Å². The van der Waals surface area contributed by atoms with Crippen LogP contribution in [0.15, 0.2) is 0 Å². The minimum absolute atomic E-state index is 0.244. The minimum atomic E-state index is 0.244. The van der Waals surface area contributed by atoms with Crippen molar-refractivity contribution >= 4 is 22.3 Å². The Morgan fingerprint density at radius 1 is 1.21 bits per heavy atom.